The fourth-order valence-corrected chi connectivity index (χ4v) is 2.31. The summed E-state index contributed by atoms with van der Waals surface area (Å²) < 4.78 is 0. The third kappa shape index (κ3) is 4.10. The predicted octanol–water partition coefficient (Wildman–Crippen LogP) is 2.02. The van der Waals surface area contributed by atoms with Gasteiger partial charge >= 0.3 is 0 Å². The average Bonchev–Trinajstić information content (AvgIpc) is 2.91. The fourth-order valence-electron chi connectivity index (χ4n) is 2.31. The van der Waals surface area contributed by atoms with E-state index in [4.69, 9.17) is 5.73 Å². The van der Waals surface area contributed by atoms with Gasteiger partial charge in [-0.25, -0.2) is 0 Å². The molecule has 0 spiro atoms. The lowest BCUT2D eigenvalue weighted by Crippen LogP contribution is -2.38. The van der Waals surface area contributed by atoms with Crippen molar-refractivity contribution in [1.29, 1.82) is 0 Å². The average molecular weight is 209 g/mol. The van der Waals surface area contributed by atoms with Crippen molar-refractivity contribution in [3.8, 4) is 0 Å². The van der Waals surface area contributed by atoms with Crippen LogP contribution in [0, 0.1) is 5.92 Å². The monoisotopic (exact) mass is 209 g/mol. The molecule has 2 saturated carbocycles. The predicted molar refractivity (Wildman–Crippen MR) is 63.8 cm³/mol. The molecule has 0 aromatic carbocycles. The molecule has 0 atom stereocenters. The number of hydrogen-bond acceptors (Lipinski definition) is 1. The Morgan fingerprint density at radius 2 is 1.93 bits per heavy atom. The van der Waals surface area contributed by atoms with Gasteiger partial charge in [-0.2, -0.15) is 0 Å². The Balaban J connectivity index is 1.56. The van der Waals surface area contributed by atoms with Crippen molar-refractivity contribution >= 4 is 5.96 Å². The summed E-state index contributed by atoms with van der Waals surface area (Å²) in [6, 6.07) is 0.595. The topological polar surface area (TPSA) is 50.4 Å². The van der Waals surface area contributed by atoms with E-state index in [0.29, 0.717) is 12.0 Å². The van der Waals surface area contributed by atoms with Crippen LogP contribution in [0.15, 0.2) is 4.99 Å². The summed E-state index contributed by atoms with van der Waals surface area (Å²) in [6.45, 7) is 0.905. The lowest BCUT2D eigenvalue weighted by molar-refractivity contribution is 0.621. The van der Waals surface area contributed by atoms with E-state index in [2.05, 4.69) is 10.3 Å². The fraction of sp³-hybridized carbons (Fsp3) is 0.917. The molecule has 86 valence electrons. The Morgan fingerprint density at radius 3 is 2.60 bits per heavy atom. The van der Waals surface area contributed by atoms with Crippen molar-refractivity contribution in [2.24, 2.45) is 16.6 Å². The zero-order valence-electron chi connectivity index (χ0n) is 9.54. The number of nitrogens with zero attached hydrogens (tertiary/aromatic N) is 1. The molecule has 3 heteroatoms. The Labute approximate surface area is 92.5 Å². The second-order valence-corrected chi connectivity index (χ2v) is 4.98. The minimum atomic E-state index is 0.595. The van der Waals surface area contributed by atoms with Crippen LogP contribution in [-0.4, -0.2) is 18.5 Å². The SMILES string of the molecule is NC(=NCCCC1CC1)NC1CCCC1. The summed E-state index contributed by atoms with van der Waals surface area (Å²) in [5.41, 5.74) is 5.82. The molecule has 0 aromatic rings. The number of nitrogens with one attached hydrogen (secondary N) is 1. The van der Waals surface area contributed by atoms with Gasteiger partial charge in [0.1, 0.15) is 0 Å². The van der Waals surface area contributed by atoms with Crippen LogP contribution in [0.5, 0.6) is 0 Å². The highest BCUT2D eigenvalue weighted by Gasteiger charge is 2.20. The van der Waals surface area contributed by atoms with Crippen LogP contribution in [0.1, 0.15) is 51.4 Å². The van der Waals surface area contributed by atoms with Gasteiger partial charge in [0.15, 0.2) is 5.96 Å². The van der Waals surface area contributed by atoms with Crippen molar-refractivity contribution in [2.45, 2.75) is 57.4 Å². The largest absolute Gasteiger partial charge is 0.370 e. The van der Waals surface area contributed by atoms with Crippen LogP contribution in [0.4, 0.5) is 0 Å². The zero-order valence-corrected chi connectivity index (χ0v) is 9.54. The highest BCUT2D eigenvalue weighted by atomic mass is 15.1. The Hall–Kier alpha value is -0.730. The van der Waals surface area contributed by atoms with Gasteiger partial charge in [-0.1, -0.05) is 25.7 Å². The van der Waals surface area contributed by atoms with Gasteiger partial charge in [-0.15, -0.1) is 0 Å². The van der Waals surface area contributed by atoms with E-state index in [1.54, 1.807) is 0 Å². The molecule has 0 aromatic heterocycles. The number of guanidine groups is 1. The van der Waals surface area contributed by atoms with E-state index in [1.165, 1.54) is 51.4 Å². The van der Waals surface area contributed by atoms with Gasteiger partial charge in [-0.3, -0.25) is 4.99 Å². The third-order valence-electron chi connectivity index (χ3n) is 3.46. The summed E-state index contributed by atoms with van der Waals surface area (Å²) >= 11 is 0. The zero-order chi connectivity index (χ0) is 10.5. The first-order chi connectivity index (χ1) is 7.34. The Kier molecular flexibility index (Phi) is 3.87. The smallest absolute Gasteiger partial charge is 0.188 e. The van der Waals surface area contributed by atoms with Crippen LogP contribution in [0.3, 0.4) is 0 Å². The van der Waals surface area contributed by atoms with Gasteiger partial charge in [-0.05, 0) is 31.6 Å². The molecule has 2 aliphatic carbocycles. The van der Waals surface area contributed by atoms with Crippen LogP contribution in [-0.2, 0) is 0 Å². The molecular weight excluding hydrogens is 186 g/mol. The molecule has 0 radical (unpaired) electrons. The summed E-state index contributed by atoms with van der Waals surface area (Å²) in [6.07, 6.45) is 10.6. The van der Waals surface area contributed by atoms with Crippen LogP contribution in [0.2, 0.25) is 0 Å². The number of hydrogen-bond donors (Lipinski definition) is 2. The van der Waals surface area contributed by atoms with E-state index in [9.17, 15) is 0 Å². The molecule has 0 unspecified atom stereocenters. The highest BCUT2D eigenvalue weighted by molar-refractivity contribution is 5.78. The van der Waals surface area contributed by atoms with Gasteiger partial charge in [0.25, 0.3) is 0 Å². The molecule has 0 amide bonds. The molecule has 0 heterocycles. The maximum atomic E-state index is 5.82. The minimum absolute atomic E-state index is 0.595. The second kappa shape index (κ2) is 5.38. The lowest BCUT2D eigenvalue weighted by Gasteiger charge is -2.12. The maximum absolute atomic E-state index is 5.82. The van der Waals surface area contributed by atoms with Gasteiger partial charge in [0.2, 0.25) is 0 Å². The molecular formula is C12H23N3. The van der Waals surface area contributed by atoms with Crippen molar-refractivity contribution in [1.82, 2.24) is 5.32 Å². The third-order valence-corrected chi connectivity index (χ3v) is 3.46. The van der Waals surface area contributed by atoms with E-state index >= 15 is 0 Å². The van der Waals surface area contributed by atoms with E-state index < -0.39 is 0 Å². The molecule has 0 bridgehead atoms. The summed E-state index contributed by atoms with van der Waals surface area (Å²) in [7, 11) is 0. The van der Waals surface area contributed by atoms with Crippen molar-refractivity contribution in [3.05, 3.63) is 0 Å². The molecule has 3 N–H and O–H groups in total. The standard InChI is InChI=1S/C12H23N3/c13-12(15-11-5-1-2-6-11)14-9-3-4-10-7-8-10/h10-11H,1-9H2,(H3,13,14,15). The van der Waals surface area contributed by atoms with Gasteiger partial charge < -0.3 is 11.1 Å². The Morgan fingerprint density at radius 1 is 1.20 bits per heavy atom. The number of nitrogens with two attached hydrogens (primary N) is 1. The first-order valence-corrected chi connectivity index (χ1v) is 6.41. The molecule has 3 nitrogen and oxygen atoms in total. The number of aliphatic imine (C=N–C) groups is 1. The van der Waals surface area contributed by atoms with E-state index in [0.717, 1.165) is 12.5 Å². The molecule has 2 fully saturated rings. The van der Waals surface area contributed by atoms with Crippen LogP contribution < -0.4 is 11.1 Å². The maximum Gasteiger partial charge on any atom is 0.188 e. The minimum Gasteiger partial charge on any atom is -0.370 e. The molecule has 2 rings (SSSR count). The van der Waals surface area contributed by atoms with Crippen LogP contribution in [0.25, 0.3) is 0 Å². The lowest BCUT2D eigenvalue weighted by atomic mass is 10.2. The number of rotatable bonds is 5. The molecule has 2 aliphatic rings. The summed E-state index contributed by atoms with van der Waals surface area (Å²) in [5.74, 6) is 1.68. The summed E-state index contributed by atoms with van der Waals surface area (Å²) in [5, 5.41) is 3.31. The van der Waals surface area contributed by atoms with Crippen molar-refractivity contribution < 1.29 is 0 Å². The first-order valence-electron chi connectivity index (χ1n) is 6.41. The quantitative estimate of drug-likeness (QED) is 0.413. The van der Waals surface area contributed by atoms with Gasteiger partial charge in [0.05, 0.1) is 0 Å². The normalized spacial score (nSPS) is 23.3. The van der Waals surface area contributed by atoms with E-state index in [1.807, 2.05) is 0 Å². The van der Waals surface area contributed by atoms with E-state index in [-0.39, 0.29) is 0 Å². The molecule has 15 heavy (non-hydrogen) atoms. The van der Waals surface area contributed by atoms with Crippen molar-refractivity contribution in [3.63, 3.8) is 0 Å². The van der Waals surface area contributed by atoms with Gasteiger partial charge in [0, 0.05) is 12.6 Å². The Bertz CT molecular complexity index is 215. The van der Waals surface area contributed by atoms with Crippen LogP contribution >= 0.6 is 0 Å². The molecule has 0 aliphatic heterocycles. The molecule has 0 saturated heterocycles. The highest BCUT2D eigenvalue weighted by Crippen LogP contribution is 2.33. The second-order valence-electron chi connectivity index (χ2n) is 4.98. The summed E-state index contributed by atoms with van der Waals surface area (Å²) in [4.78, 5) is 4.37. The first kappa shape index (κ1) is 10.8. The van der Waals surface area contributed by atoms with Crippen molar-refractivity contribution in [2.75, 3.05) is 6.54 Å².